The van der Waals surface area contributed by atoms with Crippen molar-refractivity contribution in [3.8, 4) is 11.6 Å². The minimum absolute atomic E-state index is 0.140. The lowest BCUT2D eigenvalue weighted by atomic mass is 9.97. The Bertz CT molecular complexity index is 1550. The molecule has 1 aromatic heterocycles. The second-order valence-corrected chi connectivity index (χ2v) is 11.4. The maximum atomic E-state index is 12.7. The summed E-state index contributed by atoms with van der Waals surface area (Å²) in [7, 11) is 3.27. The van der Waals surface area contributed by atoms with Crippen molar-refractivity contribution in [2.75, 3.05) is 25.3 Å². The zero-order valence-corrected chi connectivity index (χ0v) is 24.8. The minimum Gasteiger partial charge on any atom is -0.497 e. The number of nitrogens with one attached hydrogen (secondary N) is 1. The van der Waals surface area contributed by atoms with Gasteiger partial charge >= 0.3 is 0 Å². The van der Waals surface area contributed by atoms with Gasteiger partial charge in [-0.2, -0.15) is 5.10 Å². The standard InChI is InChI=1S/C30H30BrN5O3S/c1-18-4-13-25-20(14-18)15-24(29(34-25)39-3)27-16-26(19-5-11-23(38-2)12-6-19)35-36(27)30(32)40-17-28(37)33-22-9-7-21(31)8-10-22/h4-15,27,30H,16-17,32H2,1-3H3,(H,33,37). The van der Waals surface area contributed by atoms with Crippen molar-refractivity contribution >= 4 is 55.9 Å². The number of fused-ring (bicyclic) bond motifs is 1. The maximum absolute atomic E-state index is 12.7. The Kier molecular flexibility index (Phi) is 8.58. The van der Waals surface area contributed by atoms with Gasteiger partial charge in [0.15, 0.2) is 0 Å². The molecular formula is C30H30BrN5O3S. The molecule has 0 bridgehead atoms. The zero-order valence-electron chi connectivity index (χ0n) is 22.4. The third kappa shape index (κ3) is 6.24. The quantitative estimate of drug-likeness (QED) is 0.219. The molecule has 0 aliphatic carbocycles. The van der Waals surface area contributed by atoms with Gasteiger partial charge in [0, 0.05) is 27.5 Å². The topological polar surface area (TPSA) is 102 Å². The van der Waals surface area contributed by atoms with Gasteiger partial charge in [-0.15, -0.1) is 11.8 Å². The number of anilines is 1. The van der Waals surface area contributed by atoms with Gasteiger partial charge in [0.05, 0.1) is 37.2 Å². The molecule has 1 aliphatic heterocycles. The van der Waals surface area contributed by atoms with Crippen LogP contribution in [0.2, 0.25) is 0 Å². The minimum atomic E-state index is -0.589. The molecule has 2 unspecified atom stereocenters. The molecule has 10 heteroatoms. The van der Waals surface area contributed by atoms with Crippen molar-refractivity contribution in [1.82, 2.24) is 9.99 Å². The Morgan fingerprint density at radius 3 is 2.55 bits per heavy atom. The fourth-order valence-electron chi connectivity index (χ4n) is 4.64. The average molecular weight is 621 g/mol. The SMILES string of the molecule is COc1ccc(C2=NN(C(N)SCC(=O)Nc3ccc(Br)cc3)C(c3cc4cc(C)ccc4nc3OC)C2)cc1. The molecule has 206 valence electrons. The Morgan fingerprint density at radius 1 is 1.10 bits per heavy atom. The van der Waals surface area contributed by atoms with Crippen LogP contribution in [0.25, 0.3) is 10.9 Å². The summed E-state index contributed by atoms with van der Waals surface area (Å²) in [5.41, 5.74) is 11.6. The van der Waals surface area contributed by atoms with E-state index in [1.54, 1.807) is 14.2 Å². The molecule has 0 saturated carbocycles. The first-order valence-corrected chi connectivity index (χ1v) is 14.6. The van der Waals surface area contributed by atoms with Crippen LogP contribution in [0.1, 0.15) is 29.2 Å². The number of nitrogens with zero attached hydrogens (tertiary/aromatic N) is 3. The summed E-state index contributed by atoms with van der Waals surface area (Å²) < 4.78 is 12.0. The first-order chi connectivity index (χ1) is 19.3. The number of rotatable bonds is 9. The smallest absolute Gasteiger partial charge is 0.234 e. The number of pyridine rings is 1. The van der Waals surface area contributed by atoms with E-state index in [0.29, 0.717) is 12.3 Å². The molecular weight excluding hydrogens is 590 g/mol. The molecule has 3 N–H and O–H groups in total. The Morgan fingerprint density at radius 2 is 1.85 bits per heavy atom. The summed E-state index contributed by atoms with van der Waals surface area (Å²) in [4.78, 5) is 17.5. The molecule has 0 radical (unpaired) electrons. The molecule has 1 amide bonds. The predicted octanol–water partition coefficient (Wildman–Crippen LogP) is 6.09. The van der Waals surface area contributed by atoms with E-state index in [-0.39, 0.29) is 17.7 Å². The first-order valence-electron chi connectivity index (χ1n) is 12.7. The molecule has 3 aromatic carbocycles. The van der Waals surface area contributed by atoms with Crippen molar-refractivity contribution in [3.05, 3.63) is 94.0 Å². The second-order valence-electron chi connectivity index (χ2n) is 9.41. The van der Waals surface area contributed by atoms with Crippen LogP contribution in [0.4, 0.5) is 5.69 Å². The van der Waals surface area contributed by atoms with Gasteiger partial charge in [-0.3, -0.25) is 9.80 Å². The number of ether oxygens (including phenoxy) is 2. The van der Waals surface area contributed by atoms with E-state index in [2.05, 4.69) is 40.3 Å². The Labute approximate surface area is 246 Å². The molecule has 0 spiro atoms. The van der Waals surface area contributed by atoms with Crippen LogP contribution >= 0.6 is 27.7 Å². The highest BCUT2D eigenvalue weighted by Crippen LogP contribution is 2.40. The number of nitrogens with two attached hydrogens (primary N) is 1. The van der Waals surface area contributed by atoms with E-state index >= 15 is 0 Å². The number of aryl methyl sites for hydroxylation is 1. The lowest BCUT2D eigenvalue weighted by Crippen LogP contribution is -2.37. The number of benzene rings is 3. The number of hydrogen-bond donors (Lipinski definition) is 2. The van der Waals surface area contributed by atoms with Crippen LogP contribution in [0.15, 0.2) is 82.4 Å². The van der Waals surface area contributed by atoms with Crippen LogP contribution in [0, 0.1) is 6.92 Å². The molecule has 40 heavy (non-hydrogen) atoms. The van der Waals surface area contributed by atoms with E-state index in [1.807, 2.05) is 65.7 Å². The number of thioether (sulfide) groups is 1. The normalized spacial score (nSPS) is 15.6. The number of aromatic nitrogens is 1. The van der Waals surface area contributed by atoms with Crippen LogP contribution < -0.4 is 20.5 Å². The van der Waals surface area contributed by atoms with Gasteiger partial charge in [0.2, 0.25) is 11.8 Å². The fourth-order valence-corrected chi connectivity index (χ4v) is 5.64. The summed E-state index contributed by atoms with van der Waals surface area (Å²) in [6.07, 6.45) is 0.598. The summed E-state index contributed by atoms with van der Waals surface area (Å²) in [6, 6.07) is 23.3. The van der Waals surface area contributed by atoms with Crippen molar-refractivity contribution in [3.63, 3.8) is 0 Å². The van der Waals surface area contributed by atoms with E-state index in [4.69, 9.17) is 25.3 Å². The summed E-state index contributed by atoms with van der Waals surface area (Å²) in [6.45, 7) is 2.06. The van der Waals surface area contributed by atoms with Crippen molar-refractivity contribution in [2.45, 2.75) is 24.9 Å². The summed E-state index contributed by atoms with van der Waals surface area (Å²) >= 11 is 4.73. The highest BCUT2D eigenvalue weighted by atomic mass is 79.9. The molecule has 4 aromatic rings. The highest BCUT2D eigenvalue weighted by molar-refractivity contribution is 9.10. The third-order valence-electron chi connectivity index (χ3n) is 6.65. The molecule has 2 heterocycles. The number of halogens is 1. The number of carbonyl (C=O) groups is 1. The number of hydrogen-bond acceptors (Lipinski definition) is 8. The van der Waals surface area contributed by atoms with E-state index in [9.17, 15) is 4.79 Å². The van der Waals surface area contributed by atoms with Gasteiger partial charge in [0.1, 0.15) is 11.2 Å². The molecule has 5 rings (SSSR count). The lowest BCUT2D eigenvalue weighted by Gasteiger charge is -2.29. The maximum Gasteiger partial charge on any atom is 0.234 e. The van der Waals surface area contributed by atoms with Gasteiger partial charge < -0.3 is 20.5 Å². The van der Waals surface area contributed by atoms with Crippen LogP contribution in [0.3, 0.4) is 0 Å². The average Bonchev–Trinajstić information content (AvgIpc) is 3.42. The molecule has 0 saturated heterocycles. The second kappa shape index (κ2) is 12.3. The lowest BCUT2D eigenvalue weighted by molar-refractivity contribution is -0.113. The molecule has 0 fully saturated rings. The number of carbonyl (C=O) groups excluding carboxylic acids is 1. The zero-order chi connectivity index (χ0) is 28.2. The number of amides is 1. The predicted molar refractivity (Wildman–Crippen MR) is 165 cm³/mol. The largest absolute Gasteiger partial charge is 0.497 e. The van der Waals surface area contributed by atoms with Crippen LogP contribution in [-0.2, 0) is 4.79 Å². The van der Waals surface area contributed by atoms with Gasteiger partial charge in [-0.25, -0.2) is 4.98 Å². The summed E-state index contributed by atoms with van der Waals surface area (Å²) in [5, 5.41) is 10.8. The molecule has 8 nitrogen and oxygen atoms in total. The monoisotopic (exact) mass is 619 g/mol. The molecule has 2 atom stereocenters. The Balaban J connectivity index is 1.42. The van der Waals surface area contributed by atoms with Crippen molar-refractivity contribution in [2.24, 2.45) is 10.8 Å². The molecule has 1 aliphatic rings. The van der Waals surface area contributed by atoms with E-state index in [1.165, 1.54) is 11.8 Å². The van der Waals surface area contributed by atoms with Gasteiger partial charge in [-0.1, -0.05) is 27.6 Å². The van der Waals surface area contributed by atoms with Crippen molar-refractivity contribution < 1.29 is 14.3 Å². The fraction of sp³-hybridized carbons (Fsp3) is 0.233. The highest BCUT2D eigenvalue weighted by Gasteiger charge is 2.35. The van der Waals surface area contributed by atoms with E-state index in [0.717, 1.165) is 49.2 Å². The summed E-state index contributed by atoms with van der Waals surface area (Å²) in [5.74, 6) is 1.33. The van der Waals surface area contributed by atoms with E-state index < -0.39 is 5.50 Å². The number of hydrazone groups is 1. The number of methoxy groups -OCH3 is 2. The first kappa shape index (κ1) is 27.9. The Hall–Kier alpha value is -3.60. The van der Waals surface area contributed by atoms with Gasteiger partial charge in [-0.05, 0) is 79.2 Å². The van der Waals surface area contributed by atoms with Crippen molar-refractivity contribution in [1.29, 1.82) is 0 Å². The van der Waals surface area contributed by atoms with Crippen LogP contribution in [0.5, 0.6) is 11.6 Å². The van der Waals surface area contributed by atoms with Gasteiger partial charge in [0.25, 0.3) is 0 Å². The third-order valence-corrected chi connectivity index (χ3v) is 8.17. The van der Waals surface area contributed by atoms with Crippen LogP contribution in [-0.4, -0.2) is 47.1 Å².